The van der Waals surface area contributed by atoms with E-state index in [9.17, 15) is 4.79 Å². The molecule has 3 fully saturated rings. The van der Waals surface area contributed by atoms with E-state index in [2.05, 4.69) is 48.4 Å². The minimum absolute atomic E-state index is 0.0728. The van der Waals surface area contributed by atoms with E-state index in [0.29, 0.717) is 17.0 Å². The fourth-order valence-corrected chi connectivity index (χ4v) is 4.48. The first-order chi connectivity index (χ1) is 11.8. The van der Waals surface area contributed by atoms with Gasteiger partial charge in [-0.1, -0.05) is 0 Å². The van der Waals surface area contributed by atoms with E-state index in [1.54, 1.807) is 0 Å². The van der Waals surface area contributed by atoms with Crippen LogP contribution < -0.4 is 0 Å². The smallest absolute Gasteiger partial charge is 0.274 e. The van der Waals surface area contributed by atoms with Gasteiger partial charge < -0.3 is 9.80 Å². The van der Waals surface area contributed by atoms with Gasteiger partial charge in [-0.3, -0.25) is 9.48 Å². The number of hydrogen-bond acceptors (Lipinski definition) is 3. The lowest BCUT2D eigenvalue weighted by Gasteiger charge is -2.37. The normalized spacial score (nSPS) is 24.2. The van der Waals surface area contributed by atoms with Crippen LogP contribution in [-0.4, -0.2) is 58.7 Å². The van der Waals surface area contributed by atoms with Crippen LogP contribution in [0.1, 0.15) is 75.0 Å². The molecule has 4 rings (SSSR count). The predicted octanol–water partition coefficient (Wildman–Crippen LogP) is 3.07. The van der Waals surface area contributed by atoms with Crippen LogP contribution in [0, 0.1) is 5.41 Å². The maximum absolute atomic E-state index is 13.1. The first-order valence-corrected chi connectivity index (χ1v) is 9.86. The molecule has 0 radical (unpaired) electrons. The van der Waals surface area contributed by atoms with Gasteiger partial charge in [0, 0.05) is 24.7 Å². The lowest BCUT2D eigenvalue weighted by molar-refractivity contribution is 0.0729. The molecule has 0 N–H and O–H groups in total. The minimum Gasteiger partial charge on any atom is -0.337 e. The van der Waals surface area contributed by atoms with E-state index in [-0.39, 0.29) is 11.4 Å². The quantitative estimate of drug-likeness (QED) is 0.828. The van der Waals surface area contributed by atoms with Crippen molar-refractivity contribution in [2.45, 2.75) is 64.3 Å². The van der Waals surface area contributed by atoms with Gasteiger partial charge in [-0.15, -0.1) is 0 Å². The molecular weight excluding hydrogens is 312 g/mol. The molecule has 1 aromatic heterocycles. The van der Waals surface area contributed by atoms with Crippen LogP contribution in [0.25, 0.3) is 0 Å². The summed E-state index contributed by atoms with van der Waals surface area (Å²) in [4.78, 5) is 17.6. The third-order valence-electron chi connectivity index (χ3n) is 6.36. The molecule has 1 aliphatic carbocycles. The lowest BCUT2D eigenvalue weighted by atomic mass is 9.78. The predicted molar refractivity (Wildman–Crippen MR) is 98.9 cm³/mol. The van der Waals surface area contributed by atoms with E-state index in [1.807, 2.05) is 0 Å². The molecule has 0 unspecified atom stereocenters. The van der Waals surface area contributed by atoms with Gasteiger partial charge >= 0.3 is 0 Å². The molecule has 3 heterocycles. The molecule has 25 heavy (non-hydrogen) atoms. The van der Waals surface area contributed by atoms with Gasteiger partial charge in [-0.25, -0.2) is 0 Å². The monoisotopic (exact) mass is 344 g/mol. The van der Waals surface area contributed by atoms with Crippen molar-refractivity contribution in [1.82, 2.24) is 19.6 Å². The van der Waals surface area contributed by atoms with E-state index < -0.39 is 0 Å². The highest BCUT2D eigenvalue weighted by Gasteiger charge is 2.42. The summed E-state index contributed by atoms with van der Waals surface area (Å²) in [5.41, 5.74) is 2.19. The average molecular weight is 345 g/mol. The lowest BCUT2D eigenvalue weighted by Crippen LogP contribution is -2.40. The zero-order valence-electron chi connectivity index (χ0n) is 16.2. The maximum atomic E-state index is 13.1. The number of amides is 1. The Bertz CT molecular complexity index is 660. The van der Waals surface area contributed by atoms with Crippen LogP contribution in [0.2, 0.25) is 0 Å². The van der Waals surface area contributed by atoms with Gasteiger partial charge in [0.25, 0.3) is 5.91 Å². The zero-order valence-corrected chi connectivity index (χ0v) is 16.2. The Morgan fingerprint density at radius 3 is 2.40 bits per heavy atom. The Balaban J connectivity index is 1.52. The summed E-state index contributed by atoms with van der Waals surface area (Å²) in [7, 11) is 2.20. The molecule has 1 aromatic rings. The first-order valence-electron chi connectivity index (χ1n) is 9.86. The maximum Gasteiger partial charge on any atom is 0.274 e. The van der Waals surface area contributed by atoms with Gasteiger partial charge in [-0.2, -0.15) is 5.10 Å². The molecule has 2 aliphatic heterocycles. The highest BCUT2D eigenvalue weighted by molar-refractivity contribution is 5.92. The number of aromatic nitrogens is 2. The third-order valence-corrected chi connectivity index (χ3v) is 6.36. The summed E-state index contributed by atoms with van der Waals surface area (Å²) in [5, 5.41) is 4.75. The Kier molecular flexibility index (Phi) is 3.98. The molecule has 5 heteroatoms. The average Bonchev–Trinajstić information content (AvgIpc) is 3.16. The molecule has 5 nitrogen and oxygen atoms in total. The number of nitrogens with zero attached hydrogens (tertiary/aromatic N) is 4. The summed E-state index contributed by atoms with van der Waals surface area (Å²) in [5.74, 6) is 0.743. The van der Waals surface area contributed by atoms with Crippen LogP contribution in [0.4, 0.5) is 0 Å². The first kappa shape index (κ1) is 17.1. The van der Waals surface area contributed by atoms with Crippen molar-refractivity contribution in [1.29, 1.82) is 0 Å². The molecule has 0 bridgehead atoms. The van der Waals surface area contributed by atoms with Crippen LogP contribution in [0.3, 0.4) is 0 Å². The van der Waals surface area contributed by atoms with Crippen molar-refractivity contribution in [2.75, 3.05) is 33.2 Å². The van der Waals surface area contributed by atoms with E-state index in [4.69, 9.17) is 5.10 Å². The number of hydrogen-bond donors (Lipinski definition) is 0. The Labute approximate surface area is 151 Å². The van der Waals surface area contributed by atoms with Crippen molar-refractivity contribution in [3.8, 4) is 0 Å². The zero-order chi connectivity index (χ0) is 17.8. The van der Waals surface area contributed by atoms with E-state index in [1.165, 1.54) is 31.4 Å². The second-order valence-electron chi connectivity index (χ2n) is 9.59. The van der Waals surface area contributed by atoms with Gasteiger partial charge in [-0.05, 0) is 84.5 Å². The van der Waals surface area contributed by atoms with E-state index >= 15 is 0 Å². The minimum atomic E-state index is -0.0728. The second kappa shape index (κ2) is 5.83. The molecule has 3 aliphatic rings. The number of carbonyl (C=O) groups excluding carboxylic acids is 1. The molecular formula is C20H32N4O. The molecule has 2 saturated heterocycles. The molecule has 0 aromatic carbocycles. The summed E-state index contributed by atoms with van der Waals surface area (Å²) >= 11 is 0. The van der Waals surface area contributed by atoms with Gasteiger partial charge in [0.15, 0.2) is 5.69 Å². The van der Waals surface area contributed by atoms with Gasteiger partial charge in [0.1, 0.15) is 0 Å². The molecule has 1 saturated carbocycles. The number of rotatable bonds is 2. The number of carbonyl (C=O) groups is 1. The summed E-state index contributed by atoms with van der Waals surface area (Å²) in [6, 6.07) is 2.07. The van der Waals surface area contributed by atoms with Crippen molar-refractivity contribution < 1.29 is 4.79 Å². The third kappa shape index (κ3) is 3.23. The molecule has 1 amide bonds. The molecule has 138 valence electrons. The SMILES string of the molecule is CN1CCC2(CC1)CCN(C(=O)c1cc(C3CC3)n(C(C)(C)C)n1)C2. The highest BCUT2D eigenvalue weighted by atomic mass is 16.2. The standard InChI is InChI=1S/C20H32N4O/c1-19(2,3)24-17(15-5-6-15)13-16(21-24)18(25)23-12-9-20(14-23)7-10-22(4)11-8-20/h13,15H,5-12,14H2,1-4H3. The largest absolute Gasteiger partial charge is 0.337 e. The van der Waals surface area contributed by atoms with Crippen LogP contribution >= 0.6 is 0 Å². The fraction of sp³-hybridized carbons (Fsp3) is 0.800. The summed E-state index contributed by atoms with van der Waals surface area (Å²) < 4.78 is 2.10. The highest BCUT2D eigenvalue weighted by Crippen LogP contribution is 2.43. The van der Waals surface area contributed by atoms with Gasteiger partial charge in [0.2, 0.25) is 0 Å². The topological polar surface area (TPSA) is 41.4 Å². The van der Waals surface area contributed by atoms with Crippen LogP contribution in [-0.2, 0) is 5.54 Å². The van der Waals surface area contributed by atoms with Gasteiger partial charge in [0.05, 0.1) is 5.54 Å². The van der Waals surface area contributed by atoms with Crippen LogP contribution in [0.15, 0.2) is 6.07 Å². The number of likely N-dealkylation sites (tertiary alicyclic amines) is 2. The van der Waals surface area contributed by atoms with Crippen molar-refractivity contribution >= 4 is 5.91 Å². The Morgan fingerprint density at radius 1 is 1.16 bits per heavy atom. The van der Waals surface area contributed by atoms with E-state index in [0.717, 1.165) is 32.6 Å². The second-order valence-corrected chi connectivity index (χ2v) is 9.59. The summed E-state index contributed by atoms with van der Waals surface area (Å²) in [6.45, 7) is 10.6. The van der Waals surface area contributed by atoms with Crippen molar-refractivity contribution in [2.24, 2.45) is 5.41 Å². The summed E-state index contributed by atoms with van der Waals surface area (Å²) in [6.07, 6.45) is 6.06. The Hall–Kier alpha value is -1.36. The molecule has 1 spiro atoms. The number of piperidine rings is 1. The van der Waals surface area contributed by atoms with Crippen LogP contribution in [0.5, 0.6) is 0 Å². The van der Waals surface area contributed by atoms with Crippen molar-refractivity contribution in [3.05, 3.63) is 17.5 Å². The van der Waals surface area contributed by atoms with Crippen molar-refractivity contribution in [3.63, 3.8) is 0 Å². The fourth-order valence-electron chi connectivity index (χ4n) is 4.48. The molecule has 0 atom stereocenters. The Morgan fingerprint density at radius 2 is 1.80 bits per heavy atom.